The number of ether oxygens (including phenoxy) is 1. The van der Waals surface area contributed by atoms with Crippen molar-refractivity contribution in [2.75, 3.05) is 0 Å². The van der Waals surface area contributed by atoms with Crippen molar-refractivity contribution in [2.45, 2.75) is 50.0 Å². The van der Waals surface area contributed by atoms with Crippen LogP contribution in [0.25, 0.3) is 0 Å². The Bertz CT molecular complexity index is 524. The SMILES string of the molecule is Clc1ccc(OC2C[C@H]3CC[C@@H](C2)N3)cc1.O=C(O)C(F)(F)F. The molecule has 1 aromatic carbocycles. The molecular weight excluding hydrogens is 335 g/mol. The van der Waals surface area contributed by atoms with Crippen LogP contribution in [0.5, 0.6) is 5.75 Å². The van der Waals surface area contributed by atoms with Crippen LogP contribution >= 0.6 is 11.6 Å². The number of hydrogen-bond acceptors (Lipinski definition) is 3. The molecule has 4 nitrogen and oxygen atoms in total. The van der Waals surface area contributed by atoms with Crippen LogP contribution in [0.3, 0.4) is 0 Å². The smallest absolute Gasteiger partial charge is 0.490 e. The van der Waals surface area contributed by atoms with E-state index in [4.69, 9.17) is 26.2 Å². The Kier molecular flexibility index (Phi) is 5.75. The maximum atomic E-state index is 10.6. The summed E-state index contributed by atoms with van der Waals surface area (Å²) < 4.78 is 37.7. The van der Waals surface area contributed by atoms with Crippen molar-refractivity contribution in [1.29, 1.82) is 0 Å². The minimum absolute atomic E-state index is 0.375. The zero-order valence-electron chi connectivity index (χ0n) is 12.1. The maximum absolute atomic E-state index is 10.6. The molecule has 2 aliphatic rings. The van der Waals surface area contributed by atoms with Crippen molar-refractivity contribution in [3.05, 3.63) is 29.3 Å². The summed E-state index contributed by atoms with van der Waals surface area (Å²) in [5.74, 6) is -1.82. The molecule has 3 rings (SSSR count). The van der Waals surface area contributed by atoms with Gasteiger partial charge in [0, 0.05) is 17.1 Å². The Morgan fingerprint density at radius 2 is 1.65 bits per heavy atom. The van der Waals surface area contributed by atoms with Gasteiger partial charge in [-0.1, -0.05) is 11.6 Å². The lowest BCUT2D eigenvalue weighted by Gasteiger charge is -2.29. The van der Waals surface area contributed by atoms with Crippen LogP contribution in [0.2, 0.25) is 5.02 Å². The highest BCUT2D eigenvalue weighted by molar-refractivity contribution is 6.30. The molecule has 0 aromatic heterocycles. The summed E-state index contributed by atoms with van der Waals surface area (Å²) in [7, 11) is 0. The first kappa shape index (κ1) is 17.9. The summed E-state index contributed by atoms with van der Waals surface area (Å²) in [5.41, 5.74) is 0. The predicted octanol–water partition coefficient (Wildman–Crippen LogP) is 3.64. The first-order valence-electron chi connectivity index (χ1n) is 7.22. The fourth-order valence-electron chi connectivity index (χ4n) is 2.81. The lowest BCUT2D eigenvalue weighted by molar-refractivity contribution is -0.192. The zero-order valence-corrected chi connectivity index (χ0v) is 12.9. The standard InChI is InChI=1S/C13H16ClNO.C2HF3O2/c14-9-1-5-12(6-2-9)16-13-7-10-3-4-11(8-13)15-10;3-2(4,5)1(6)7/h1-2,5-6,10-11,13,15H,3-4,7-8H2;(H,6,7)/t10-,11+,13?;. The highest BCUT2D eigenvalue weighted by Gasteiger charge is 2.38. The van der Waals surface area contributed by atoms with Gasteiger partial charge >= 0.3 is 12.1 Å². The lowest BCUT2D eigenvalue weighted by Crippen LogP contribution is -2.42. The van der Waals surface area contributed by atoms with Gasteiger partial charge in [-0.3, -0.25) is 0 Å². The number of carboxylic acid groups (broad SMARTS) is 1. The average Bonchev–Trinajstić information content (AvgIpc) is 2.80. The number of halogens is 4. The molecular formula is C15H17ClF3NO3. The fourth-order valence-corrected chi connectivity index (χ4v) is 2.93. The molecule has 0 radical (unpaired) electrons. The third-order valence-corrected chi connectivity index (χ3v) is 4.04. The minimum Gasteiger partial charge on any atom is -0.490 e. The van der Waals surface area contributed by atoms with Gasteiger partial charge in [-0.05, 0) is 49.9 Å². The molecule has 0 saturated carbocycles. The number of benzene rings is 1. The molecule has 2 saturated heterocycles. The molecule has 23 heavy (non-hydrogen) atoms. The van der Waals surface area contributed by atoms with Crippen LogP contribution in [0.1, 0.15) is 25.7 Å². The van der Waals surface area contributed by atoms with Crippen molar-refractivity contribution in [1.82, 2.24) is 5.32 Å². The van der Waals surface area contributed by atoms with E-state index in [-0.39, 0.29) is 0 Å². The van der Waals surface area contributed by atoms with Gasteiger partial charge in [-0.2, -0.15) is 13.2 Å². The third-order valence-electron chi connectivity index (χ3n) is 3.79. The van der Waals surface area contributed by atoms with Gasteiger partial charge in [0.05, 0.1) is 0 Å². The summed E-state index contributed by atoms with van der Waals surface area (Å²) >= 11 is 5.85. The molecule has 2 fully saturated rings. The van der Waals surface area contributed by atoms with Gasteiger partial charge in [0.15, 0.2) is 0 Å². The molecule has 0 spiro atoms. The zero-order chi connectivity index (χ0) is 17.0. The summed E-state index contributed by atoms with van der Waals surface area (Å²) in [5, 5.41) is 11.5. The van der Waals surface area contributed by atoms with Crippen molar-refractivity contribution < 1.29 is 27.8 Å². The van der Waals surface area contributed by atoms with Crippen LogP contribution in [0.15, 0.2) is 24.3 Å². The van der Waals surface area contributed by atoms with Gasteiger partial charge in [-0.15, -0.1) is 0 Å². The van der Waals surface area contributed by atoms with E-state index in [0.29, 0.717) is 18.2 Å². The van der Waals surface area contributed by atoms with E-state index in [2.05, 4.69) is 5.32 Å². The number of rotatable bonds is 2. The number of carbonyl (C=O) groups is 1. The second-order valence-electron chi connectivity index (χ2n) is 5.61. The number of piperidine rings is 1. The number of aliphatic carboxylic acids is 1. The van der Waals surface area contributed by atoms with Gasteiger partial charge in [0.2, 0.25) is 0 Å². The van der Waals surface area contributed by atoms with Crippen LogP contribution in [-0.2, 0) is 4.79 Å². The van der Waals surface area contributed by atoms with E-state index in [1.165, 1.54) is 12.8 Å². The Labute approximate surface area is 136 Å². The van der Waals surface area contributed by atoms with E-state index in [1.54, 1.807) is 0 Å². The van der Waals surface area contributed by atoms with E-state index in [9.17, 15) is 13.2 Å². The van der Waals surface area contributed by atoms with E-state index in [1.807, 2.05) is 24.3 Å². The molecule has 3 atom stereocenters. The summed E-state index contributed by atoms with van der Waals surface area (Å²) in [6, 6.07) is 9.02. The average molecular weight is 352 g/mol. The molecule has 0 amide bonds. The largest absolute Gasteiger partial charge is 0.490 e. The second-order valence-corrected chi connectivity index (χ2v) is 6.04. The molecule has 1 aromatic rings. The van der Waals surface area contributed by atoms with Crippen LogP contribution in [-0.4, -0.2) is 35.4 Å². The number of hydrogen-bond donors (Lipinski definition) is 2. The Hall–Kier alpha value is -1.47. The first-order valence-corrected chi connectivity index (χ1v) is 7.60. The molecule has 2 aliphatic heterocycles. The molecule has 2 heterocycles. The number of fused-ring (bicyclic) bond motifs is 2. The minimum atomic E-state index is -5.08. The van der Waals surface area contributed by atoms with Crippen molar-refractivity contribution in [3.63, 3.8) is 0 Å². The molecule has 128 valence electrons. The highest BCUT2D eigenvalue weighted by atomic mass is 35.5. The third kappa shape index (κ3) is 5.58. The van der Waals surface area contributed by atoms with Gasteiger partial charge in [0.1, 0.15) is 11.9 Å². The molecule has 0 aliphatic carbocycles. The summed E-state index contributed by atoms with van der Waals surface area (Å²) in [4.78, 5) is 8.90. The second kappa shape index (κ2) is 7.40. The van der Waals surface area contributed by atoms with Gasteiger partial charge in [-0.25, -0.2) is 4.79 Å². The van der Waals surface area contributed by atoms with E-state index >= 15 is 0 Å². The quantitative estimate of drug-likeness (QED) is 0.854. The summed E-state index contributed by atoms with van der Waals surface area (Å²) in [6.07, 6.45) is 0.189. The first-order chi connectivity index (χ1) is 10.7. The highest BCUT2D eigenvalue weighted by Crippen LogP contribution is 2.29. The van der Waals surface area contributed by atoms with Crippen LogP contribution < -0.4 is 10.1 Å². The normalized spacial score (nSPS) is 26.2. The number of carboxylic acids is 1. The maximum Gasteiger partial charge on any atom is 0.490 e. The number of nitrogens with one attached hydrogen (secondary N) is 1. The monoisotopic (exact) mass is 351 g/mol. The van der Waals surface area contributed by atoms with Gasteiger partial charge < -0.3 is 15.2 Å². The Morgan fingerprint density at radius 1 is 1.17 bits per heavy atom. The molecule has 1 unspecified atom stereocenters. The topological polar surface area (TPSA) is 58.6 Å². The lowest BCUT2D eigenvalue weighted by atomic mass is 10.0. The summed E-state index contributed by atoms with van der Waals surface area (Å²) in [6.45, 7) is 0. The molecule has 2 bridgehead atoms. The van der Waals surface area contributed by atoms with E-state index in [0.717, 1.165) is 23.6 Å². The van der Waals surface area contributed by atoms with E-state index < -0.39 is 12.1 Å². The van der Waals surface area contributed by atoms with Crippen LogP contribution in [0.4, 0.5) is 13.2 Å². The fraction of sp³-hybridized carbons (Fsp3) is 0.533. The van der Waals surface area contributed by atoms with Gasteiger partial charge in [0.25, 0.3) is 0 Å². The van der Waals surface area contributed by atoms with Crippen molar-refractivity contribution in [3.8, 4) is 5.75 Å². The predicted molar refractivity (Wildman–Crippen MR) is 78.7 cm³/mol. The van der Waals surface area contributed by atoms with Crippen LogP contribution in [0, 0.1) is 0 Å². The molecule has 8 heteroatoms. The molecule has 2 N–H and O–H groups in total. The van der Waals surface area contributed by atoms with Crippen molar-refractivity contribution >= 4 is 17.6 Å². The number of alkyl halides is 3. The Morgan fingerprint density at radius 3 is 2.09 bits per heavy atom. The van der Waals surface area contributed by atoms with Crippen molar-refractivity contribution in [2.24, 2.45) is 0 Å². The Balaban J connectivity index is 0.000000236.